The minimum Gasteiger partial charge on any atom is -0.396 e. The second-order valence-corrected chi connectivity index (χ2v) is 3.46. The Morgan fingerprint density at radius 3 is 2.81 bits per heavy atom. The van der Waals surface area contributed by atoms with E-state index in [1.54, 1.807) is 0 Å². The van der Waals surface area contributed by atoms with E-state index in [9.17, 15) is 14.0 Å². The quantitative estimate of drug-likeness (QED) is 0.651. The van der Waals surface area contributed by atoms with Crippen molar-refractivity contribution in [2.75, 3.05) is 23.7 Å². The Balaban J connectivity index is 2.31. The molecular weight excluding hydrogens is 213 g/mol. The number of hydrogen-bond acceptors (Lipinski definition) is 3. The topological polar surface area (TPSA) is 75.4 Å². The van der Waals surface area contributed by atoms with E-state index in [0.717, 1.165) is 0 Å². The number of rotatable bonds is 1. The van der Waals surface area contributed by atoms with E-state index in [1.165, 1.54) is 23.1 Å². The van der Waals surface area contributed by atoms with Crippen LogP contribution in [-0.4, -0.2) is 24.9 Å². The van der Waals surface area contributed by atoms with Gasteiger partial charge >= 0.3 is 0 Å². The number of nitrogens with one attached hydrogen (secondary N) is 1. The van der Waals surface area contributed by atoms with Gasteiger partial charge in [0.2, 0.25) is 11.8 Å². The molecule has 1 aromatic rings. The predicted octanol–water partition coefficient (Wildman–Crippen LogP) is -0.129. The summed E-state index contributed by atoms with van der Waals surface area (Å²) in [7, 11) is 0. The third-order valence-corrected chi connectivity index (χ3v) is 2.33. The van der Waals surface area contributed by atoms with Crippen LogP contribution in [-0.2, 0) is 9.59 Å². The van der Waals surface area contributed by atoms with Gasteiger partial charge in [-0.15, -0.1) is 0 Å². The Bertz CT molecular complexity index is 461. The van der Waals surface area contributed by atoms with Gasteiger partial charge < -0.3 is 16.0 Å². The average Bonchev–Trinajstić information content (AvgIpc) is 2.26. The van der Waals surface area contributed by atoms with Crippen LogP contribution in [0, 0.1) is 5.82 Å². The second-order valence-electron chi connectivity index (χ2n) is 3.46. The van der Waals surface area contributed by atoms with Crippen molar-refractivity contribution in [1.29, 1.82) is 0 Å². The van der Waals surface area contributed by atoms with Crippen molar-refractivity contribution in [1.82, 2.24) is 5.32 Å². The lowest BCUT2D eigenvalue weighted by Gasteiger charge is -2.26. The summed E-state index contributed by atoms with van der Waals surface area (Å²) in [4.78, 5) is 23.9. The normalized spacial score (nSPS) is 16.2. The summed E-state index contributed by atoms with van der Waals surface area (Å²) in [6.45, 7) is -0.111. The second kappa shape index (κ2) is 3.80. The number of anilines is 2. The van der Waals surface area contributed by atoms with E-state index in [-0.39, 0.29) is 30.6 Å². The first-order valence-corrected chi connectivity index (χ1v) is 4.70. The molecule has 3 N–H and O–H groups in total. The summed E-state index contributed by atoms with van der Waals surface area (Å²) < 4.78 is 12.9. The Hall–Kier alpha value is -2.11. The molecule has 0 aromatic heterocycles. The van der Waals surface area contributed by atoms with Gasteiger partial charge in [-0.2, -0.15) is 0 Å². The average molecular weight is 223 g/mol. The Morgan fingerprint density at radius 1 is 1.38 bits per heavy atom. The molecule has 16 heavy (non-hydrogen) atoms. The molecule has 0 saturated carbocycles. The van der Waals surface area contributed by atoms with Gasteiger partial charge in [-0.05, 0) is 18.2 Å². The van der Waals surface area contributed by atoms with Crippen LogP contribution in [0.3, 0.4) is 0 Å². The fourth-order valence-electron chi connectivity index (χ4n) is 1.49. The summed E-state index contributed by atoms with van der Waals surface area (Å²) in [5.74, 6) is -1.04. The van der Waals surface area contributed by atoms with Crippen LogP contribution >= 0.6 is 0 Å². The molecule has 2 amide bonds. The van der Waals surface area contributed by atoms with E-state index in [1.807, 2.05) is 0 Å². The number of carbonyl (C=O) groups excluding carboxylic acids is 2. The Kier molecular flexibility index (Phi) is 2.47. The summed E-state index contributed by atoms with van der Waals surface area (Å²) in [6, 6.07) is 3.93. The largest absolute Gasteiger partial charge is 0.396 e. The molecule has 1 heterocycles. The molecule has 0 atom stereocenters. The SMILES string of the molecule is Nc1cc(N2CC(=O)NCC2=O)ccc1F. The molecule has 2 rings (SSSR count). The van der Waals surface area contributed by atoms with Crippen molar-refractivity contribution in [3.8, 4) is 0 Å². The maximum Gasteiger partial charge on any atom is 0.246 e. The predicted molar refractivity (Wildman–Crippen MR) is 56.2 cm³/mol. The molecule has 1 saturated heterocycles. The zero-order chi connectivity index (χ0) is 11.7. The molecule has 6 heteroatoms. The number of nitrogens with zero attached hydrogens (tertiary/aromatic N) is 1. The van der Waals surface area contributed by atoms with E-state index in [4.69, 9.17) is 5.73 Å². The van der Waals surface area contributed by atoms with Crippen LogP contribution in [0.5, 0.6) is 0 Å². The zero-order valence-electron chi connectivity index (χ0n) is 8.37. The Labute approximate surface area is 91.0 Å². The number of piperazine rings is 1. The van der Waals surface area contributed by atoms with Gasteiger partial charge in [-0.1, -0.05) is 0 Å². The zero-order valence-corrected chi connectivity index (χ0v) is 8.37. The lowest BCUT2D eigenvalue weighted by molar-refractivity contribution is -0.128. The number of hydrogen-bond donors (Lipinski definition) is 2. The molecular formula is C10H10FN3O2. The molecule has 84 valence electrons. The van der Waals surface area contributed by atoms with Gasteiger partial charge in [0.1, 0.15) is 12.4 Å². The van der Waals surface area contributed by atoms with Gasteiger partial charge in [0.05, 0.1) is 12.2 Å². The molecule has 0 unspecified atom stereocenters. The van der Waals surface area contributed by atoms with Crippen LogP contribution in [0.4, 0.5) is 15.8 Å². The van der Waals surface area contributed by atoms with Crippen LogP contribution in [0.15, 0.2) is 18.2 Å². The number of nitrogen functional groups attached to an aromatic ring is 1. The molecule has 0 radical (unpaired) electrons. The van der Waals surface area contributed by atoms with Gasteiger partial charge in [0.15, 0.2) is 0 Å². The first-order chi connectivity index (χ1) is 7.58. The smallest absolute Gasteiger partial charge is 0.246 e. The molecule has 0 spiro atoms. The third-order valence-electron chi connectivity index (χ3n) is 2.33. The van der Waals surface area contributed by atoms with E-state index >= 15 is 0 Å². The lowest BCUT2D eigenvalue weighted by Crippen LogP contribution is -2.51. The van der Waals surface area contributed by atoms with Gasteiger partial charge in [0, 0.05) is 5.69 Å². The number of carbonyl (C=O) groups is 2. The molecule has 0 aliphatic carbocycles. The molecule has 5 nitrogen and oxygen atoms in total. The van der Waals surface area contributed by atoms with Crippen LogP contribution in [0.2, 0.25) is 0 Å². The van der Waals surface area contributed by atoms with E-state index in [2.05, 4.69) is 5.32 Å². The summed E-state index contributed by atoms with van der Waals surface area (Å²) in [5.41, 5.74) is 5.78. The number of halogens is 1. The van der Waals surface area contributed by atoms with Crippen LogP contribution < -0.4 is 16.0 Å². The summed E-state index contributed by atoms with van der Waals surface area (Å²) in [6.07, 6.45) is 0. The number of benzene rings is 1. The molecule has 1 aromatic carbocycles. The fourth-order valence-corrected chi connectivity index (χ4v) is 1.49. The van der Waals surface area contributed by atoms with Crippen LogP contribution in [0.1, 0.15) is 0 Å². The highest BCUT2D eigenvalue weighted by molar-refractivity contribution is 6.04. The fraction of sp³-hybridized carbons (Fsp3) is 0.200. The first kappa shape index (κ1) is 10.4. The van der Waals surface area contributed by atoms with Crippen molar-refractivity contribution in [2.45, 2.75) is 0 Å². The number of nitrogens with two attached hydrogens (primary N) is 1. The minimum atomic E-state index is -0.544. The lowest BCUT2D eigenvalue weighted by atomic mass is 10.2. The van der Waals surface area contributed by atoms with E-state index < -0.39 is 5.82 Å². The van der Waals surface area contributed by atoms with E-state index in [0.29, 0.717) is 5.69 Å². The molecule has 1 fully saturated rings. The Morgan fingerprint density at radius 2 is 2.12 bits per heavy atom. The summed E-state index contributed by atoms with van der Waals surface area (Å²) >= 11 is 0. The monoisotopic (exact) mass is 223 g/mol. The van der Waals surface area contributed by atoms with Crippen molar-refractivity contribution in [3.63, 3.8) is 0 Å². The van der Waals surface area contributed by atoms with Crippen LogP contribution in [0.25, 0.3) is 0 Å². The van der Waals surface area contributed by atoms with Crippen molar-refractivity contribution < 1.29 is 14.0 Å². The maximum atomic E-state index is 12.9. The van der Waals surface area contributed by atoms with Gasteiger partial charge in [-0.3, -0.25) is 9.59 Å². The molecule has 1 aliphatic heterocycles. The standard InChI is InChI=1S/C10H10FN3O2/c11-7-2-1-6(3-8(7)12)14-5-9(15)13-4-10(14)16/h1-3H,4-5,12H2,(H,13,15). The highest BCUT2D eigenvalue weighted by Crippen LogP contribution is 2.21. The van der Waals surface area contributed by atoms with Crippen molar-refractivity contribution >= 4 is 23.2 Å². The summed E-state index contributed by atoms with van der Waals surface area (Å²) in [5, 5.41) is 2.42. The molecule has 0 bridgehead atoms. The van der Waals surface area contributed by atoms with Gasteiger partial charge in [-0.25, -0.2) is 4.39 Å². The first-order valence-electron chi connectivity index (χ1n) is 4.70. The third kappa shape index (κ3) is 1.81. The highest BCUT2D eigenvalue weighted by Gasteiger charge is 2.24. The number of amides is 2. The molecule has 1 aliphatic rings. The maximum absolute atomic E-state index is 12.9. The van der Waals surface area contributed by atoms with Crippen molar-refractivity contribution in [2.24, 2.45) is 0 Å². The van der Waals surface area contributed by atoms with Crippen molar-refractivity contribution in [3.05, 3.63) is 24.0 Å². The highest BCUT2D eigenvalue weighted by atomic mass is 19.1. The minimum absolute atomic E-state index is 0.0451. The van der Waals surface area contributed by atoms with Gasteiger partial charge in [0.25, 0.3) is 0 Å².